The van der Waals surface area contributed by atoms with E-state index in [9.17, 15) is 24.3 Å². The maximum atomic E-state index is 11.4. The van der Waals surface area contributed by atoms with E-state index in [1.54, 1.807) is 0 Å². The van der Waals surface area contributed by atoms with Gasteiger partial charge in [-0.15, -0.1) is 11.8 Å². The third-order valence-electron chi connectivity index (χ3n) is 2.32. The molecule has 10 heteroatoms. The van der Waals surface area contributed by atoms with Gasteiger partial charge in [-0.2, -0.15) is 11.8 Å². The average Bonchev–Trinajstić information content (AvgIpc) is 2.32. The Morgan fingerprint density at radius 3 is 1.76 bits per heavy atom. The Balaban J connectivity index is 4.75. The Morgan fingerprint density at radius 1 is 0.810 bits per heavy atom. The second-order valence-corrected chi connectivity index (χ2v) is 6.64. The first-order chi connectivity index (χ1) is 9.69. The fraction of sp³-hybridized carbons (Fsp3) is 0.636. The van der Waals surface area contributed by atoms with Crippen LogP contribution < -0.4 is 0 Å². The molecule has 0 aliphatic rings. The van der Waals surface area contributed by atoms with Crippen molar-refractivity contribution in [1.29, 1.82) is 0 Å². The zero-order valence-corrected chi connectivity index (χ0v) is 12.6. The lowest BCUT2D eigenvalue weighted by Gasteiger charge is -2.26. The standard InChI is InChI=1S/C11H16O8S2/c12-7(13)1-3-20-6-11(10(18)19,5-9(16)17)21-4-2-8(14)15/h1-6H2,(H,12,13)(H,14,15)(H,16,17)(H,18,19). The van der Waals surface area contributed by atoms with Gasteiger partial charge in [0.15, 0.2) is 0 Å². The normalized spacial score (nSPS) is 13.3. The third kappa shape index (κ3) is 8.45. The van der Waals surface area contributed by atoms with Crippen LogP contribution in [-0.2, 0) is 19.2 Å². The number of thioether (sulfide) groups is 2. The smallest absolute Gasteiger partial charge is 0.321 e. The maximum Gasteiger partial charge on any atom is 0.321 e. The number of hydrogen-bond acceptors (Lipinski definition) is 6. The SMILES string of the molecule is O=C(O)CCSCC(CC(=O)O)(SCCC(=O)O)C(=O)O. The van der Waals surface area contributed by atoms with Gasteiger partial charge >= 0.3 is 23.9 Å². The van der Waals surface area contributed by atoms with Crippen molar-refractivity contribution in [3.05, 3.63) is 0 Å². The molecule has 0 rings (SSSR count). The fourth-order valence-electron chi connectivity index (χ4n) is 1.32. The summed E-state index contributed by atoms with van der Waals surface area (Å²) in [5.74, 6) is -4.76. The summed E-state index contributed by atoms with van der Waals surface area (Å²) in [4.78, 5) is 43.1. The molecule has 0 saturated heterocycles. The molecule has 0 saturated carbocycles. The first-order valence-electron chi connectivity index (χ1n) is 5.80. The predicted octanol–water partition coefficient (Wildman–Crippen LogP) is 0.700. The third-order valence-corrected chi connectivity index (χ3v) is 5.11. The van der Waals surface area contributed by atoms with E-state index in [1.165, 1.54) is 0 Å². The molecule has 8 nitrogen and oxygen atoms in total. The van der Waals surface area contributed by atoms with Gasteiger partial charge in [-0.25, -0.2) is 0 Å². The fourth-order valence-corrected chi connectivity index (χ4v) is 3.94. The zero-order chi connectivity index (χ0) is 16.5. The number of hydrogen-bond donors (Lipinski definition) is 4. The molecule has 0 aromatic heterocycles. The number of carboxylic acid groups (broad SMARTS) is 4. The molecule has 0 amide bonds. The van der Waals surface area contributed by atoms with Crippen molar-refractivity contribution in [3.63, 3.8) is 0 Å². The van der Waals surface area contributed by atoms with Crippen molar-refractivity contribution in [1.82, 2.24) is 0 Å². The van der Waals surface area contributed by atoms with Gasteiger partial charge in [0, 0.05) is 17.3 Å². The lowest BCUT2D eigenvalue weighted by Crippen LogP contribution is -2.41. The monoisotopic (exact) mass is 340 g/mol. The minimum absolute atomic E-state index is 0.0333. The van der Waals surface area contributed by atoms with Crippen molar-refractivity contribution >= 4 is 47.4 Å². The molecule has 0 aromatic rings. The summed E-state index contributed by atoms with van der Waals surface area (Å²) >= 11 is 1.79. The van der Waals surface area contributed by atoms with Crippen molar-refractivity contribution in [2.45, 2.75) is 24.0 Å². The maximum absolute atomic E-state index is 11.4. The van der Waals surface area contributed by atoms with Gasteiger partial charge < -0.3 is 20.4 Å². The molecular formula is C11H16O8S2. The van der Waals surface area contributed by atoms with Gasteiger partial charge in [-0.05, 0) is 0 Å². The lowest BCUT2D eigenvalue weighted by molar-refractivity contribution is -0.145. The minimum atomic E-state index is -1.66. The number of carbonyl (C=O) groups is 4. The van der Waals surface area contributed by atoms with Crippen LogP contribution in [0.1, 0.15) is 19.3 Å². The lowest BCUT2D eigenvalue weighted by atomic mass is 10.1. The Hall–Kier alpha value is -1.42. The van der Waals surface area contributed by atoms with E-state index >= 15 is 0 Å². The van der Waals surface area contributed by atoms with Crippen LogP contribution in [0.2, 0.25) is 0 Å². The Kier molecular flexibility index (Phi) is 8.86. The highest BCUT2D eigenvalue weighted by atomic mass is 32.2. The second-order valence-electron chi connectivity index (χ2n) is 4.06. The van der Waals surface area contributed by atoms with Crippen molar-refractivity contribution in [2.75, 3.05) is 17.3 Å². The molecule has 1 unspecified atom stereocenters. The van der Waals surface area contributed by atoms with E-state index in [-0.39, 0.29) is 30.1 Å². The number of rotatable bonds is 12. The van der Waals surface area contributed by atoms with Crippen LogP contribution in [-0.4, -0.2) is 66.3 Å². The van der Waals surface area contributed by atoms with Gasteiger partial charge in [0.05, 0.1) is 19.3 Å². The van der Waals surface area contributed by atoms with Gasteiger partial charge in [0.2, 0.25) is 0 Å². The predicted molar refractivity (Wildman–Crippen MR) is 76.9 cm³/mol. The highest BCUT2D eigenvalue weighted by molar-refractivity contribution is 8.04. The zero-order valence-electron chi connectivity index (χ0n) is 11.0. The van der Waals surface area contributed by atoms with Crippen LogP contribution in [0.15, 0.2) is 0 Å². The highest BCUT2D eigenvalue weighted by Crippen LogP contribution is 2.34. The van der Waals surface area contributed by atoms with Crippen LogP contribution in [0.25, 0.3) is 0 Å². The average molecular weight is 340 g/mol. The van der Waals surface area contributed by atoms with E-state index in [0.29, 0.717) is 0 Å². The van der Waals surface area contributed by atoms with Crippen LogP contribution >= 0.6 is 23.5 Å². The summed E-state index contributed by atoms with van der Waals surface area (Å²) in [5, 5.41) is 35.2. The Morgan fingerprint density at radius 2 is 1.33 bits per heavy atom. The Bertz CT molecular complexity index is 411. The first-order valence-corrected chi connectivity index (χ1v) is 7.94. The van der Waals surface area contributed by atoms with Crippen molar-refractivity contribution < 1.29 is 39.6 Å². The second kappa shape index (κ2) is 9.50. The summed E-state index contributed by atoms with van der Waals surface area (Å²) in [6.45, 7) is 0. The van der Waals surface area contributed by atoms with Gasteiger partial charge in [0.1, 0.15) is 4.75 Å². The topological polar surface area (TPSA) is 149 Å². The largest absolute Gasteiger partial charge is 0.481 e. The Labute approximate surface area is 128 Å². The van der Waals surface area contributed by atoms with Crippen LogP contribution in [0, 0.1) is 0 Å². The molecule has 21 heavy (non-hydrogen) atoms. The van der Waals surface area contributed by atoms with E-state index < -0.39 is 35.0 Å². The summed E-state index contributed by atoms with van der Waals surface area (Å²) in [5.41, 5.74) is 0. The van der Waals surface area contributed by atoms with Gasteiger partial charge in [0.25, 0.3) is 0 Å². The van der Waals surface area contributed by atoms with E-state index in [4.69, 9.17) is 15.3 Å². The van der Waals surface area contributed by atoms with Crippen LogP contribution in [0.4, 0.5) is 0 Å². The summed E-state index contributed by atoms with van der Waals surface area (Å²) < 4.78 is -1.66. The highest BCUT2D eigenvalue weighted by Gasteiger charge is 2.41. The van der Waals surface area contributed by atoms with E-state index in [1.807, 2.05) is 0 Å². The molecular weight excluding hydrogens is 324 g/mol. The first kappa shape index (κ1) is 19.6. The molecule has 0 aliphatic carbocycles. The summed E-state index contributed by atoms with van der Waals surface area (Å²) in [7, 11) is 0. The van der Waals surface area contributed by atoms with Crippen LogP contribution in [0.5, 0.6) is 0 Å². The molecule has 1 atom stereocenters. The summed E-state index contributed by atoms with van der Waals surface area (Å²) in [6.07, 6.45) is -1.10. The quantitative estimate of drug-likeness (QED) is 0.374. The number of aliphatic carboxylic acids is 4. The molecule has 0 fully saturated rings. The number of carboxylic acids is 4. The van der Waals surface area contributed by atoms with Crippen molar-refractivity contribution in [3.8, 4) is 0 Å². The molecule has 0 radical (unpaired) electrons. The molecule has 4 N–H and O–H groups in total. The summed E-state index contributed by atoms with van der Waals surface area (Å²) in [6, 6.07) is 0. The molecule has 0 spiro atoms. The van der Waals surface area contributed by atoms with Crippen LogP contribution in [0.3, 0.4) is 0 Å². The molecule has 0 heterocycles. The molecule has 0 bridgehead atoms. The molecule has 0 aromatic carbocycles. The van der Waals surface area contributed by atoms with Gasteiger partial charge in [-0.3, -0.25) is 19.2 Å². The molecule has 0 aliphatic heterocycles. The minimum Gasteiger partial charge on any atom is -0.481 e. The van der Waals surface area contributed by atoms with Gasteiger partial charge in [-0.1, -0.05) is 0 Å². The van der Waals surface area contributed by atoms with Crippen molar-refractivity contribution in [2.24, 2.45) is 0 Å². The molecule has 120 valence electrons. The van der Waals surface area contributed by atoms with E-state index in [2.05, 4.69) is 0 Å². The van der Waals surface area contributed by atoms with E-state index in [0.717, 1.165) is 23.5 Å².